The highest BCUT2D eigenvalue weighted by atomic mass is 32.1. The SMILES string of the molecule is CCC(=O)Nc1cccc(NC(=S)NC(=O)c2cccc(OC(C)CC)c2)c1. The molecule has 28 heavy (non-hydrogen) atoms. The lowest BCUT2D eigenvalue weighted by molar-refractivity contribution is -0.115. The molecule has 0 saturated heterocycles. The van der Waals surface area contributed by atoms with E-state index in [1.165, 1.54) is 0 Å². The van der Waals surface area contributed by atoms with Crippen molar-refractivity contribution in [1.29, 1.82) is 0 Å². The van der Waals surface area contributed by atoms with E-state index in [0.29, 0.717) is 29.1 Å². The van der Waals surface area contributed by atoms with Crippen molar-refractivity contribution < 1.29 is 14.3 Å². The summed E-state index contributed by atoms with van der Waals surface area (Å²) < 4.78 is 5.75. The molecule has 2 amide bonds. The zero-order valence-electron chi connectivity index (χ0n) is 16.2. The molecule has 0 radical (unpaired) electrons. The van der Waals surface area contributed by atoms with Gasteiger partial charge >= 0.3 is 0 Å². The summed E-state index contributed by atoms with van der Waals surface area (Å²) in [5.74, 6) is 0.232. The van der Waals surface area contributed by atoms with Crippen LogP contribution < -0.4 is 20.7 Å². The van der Waals surface area contributed by atoms with E-state index in [1.807, 2.05) is 19.9 Å². The summed E-state index contributed by atoms with van der Waals surface area (Å²) in [4.78, 5) is 24.0. The van der Waals surface area contributed by atoms with Crippen LogP contribution in [0.1, 0.15) is 44.0 Å². The second-order valence-corrected chi connectivity index (χ2v) is 6.66. The summed E-state index contributed by atoms with van der Waals surface area (Å²) >= 11 is 5.23. The summed E-state index contributed by atoms with van der Waals surface area (Å²) in [5.41, 5.74) is 1.77. The Bertz CT molecular complexity index is 854. The topological polar surface area (TPSA) is 79.5 Å². The van der Waals surface area contributed by atoms with Crippen LogP contribution in [0.15, 0.2) is 48.5 Å². The van der Waals surface area contributed by atoms with E-state index in [-0.39, 0.29) is 23.0 Å². The molecule has 0 fully saturated rings. The van der Waals surface area contributed by atoms with Crippen molar-refractivity contribution in [3.05, 3.63) is 54.1 Å². The summed E-state index contributed by atoms with van der Waals surface area (Å²) in [6.07, 6.45) is 1.34. The fourth-order valence-electron chi connectivity index (χ4n) is 2.29. The summed E-state index contributed by atoms with van der Waals surface area (Å²) in [6.45, 7) is 5.79. The largest absolute Gasteiger partial charge is 0.491 e. The Morgan fingerprint density at radius 1 is 1.04 bits per heavy atom. The Balaban J connectivity index is 1.98. The van der Waals surface area contributed by atoms with Gasteiger partial charge < -0.3 is 15.4 Å². The minimum absolute atomic E-state index is 0.0709. The molecule has 1 unspecified atom stereocenters. The van der Waals surface area contributed by atoms with Gasteiger partial charge in [0, 0.05) is 23.4 Å². The highest BCUT2D eigenvalue weighted by molar-refractivity contribution is 7.80. The van der Waals surface area contributed by atoms with Gasteiger partial charge in [0.2, 0.25) is 5.91 Å². The molecule has 0 aliphatic carbocycles. The molecule has 0 spiro atoms. The molecule has 1 atom stereocenters. The van der Waals surface area contributed by atoms with Crippen LogP contribution in [0.5, 0.6) is 5.75 Å². The smallest absolute Gasteiger partial charge is 0.257 e. The fourth-order valence-corrected chi connectivity index (χ4v) is 2.50. The van der Waals surface area contributed by atoms with Crippen LogP contribution in [-0.4, -0.2) is 23.0 Å². The van der Waals surface area contributed by atoms with Crippen molar-refractivity contribution in [3.63, 3.8) is 0 Å². The Kier molecular flexibility index (Phi) is 7.95. The predicted molar refractivity (Wildman–Crippen MR) is 116 cm³/mol. The van der Waals surface area contributed by atoms with Gasteiger partial charge in [-0.15, -0.1) is 0 Å². The van der Waals surface area contributed by atoms with E-state index in [4.69, 9.17) is 17.0 Å². The van der Waals surface area contributed by atoms with E-state index in [0.717, 1.165) is 6.42 Å². The first-order valence-corrected chi connectivity index (χ1v) is 9.61. The number of hydrogen-bond donors (Lipinski definition) is 3. The third-order valence-electron chi connectivity index (χ3n) is 3.96. The van der Waals surface area contributed by atoms with Crippen molar-refractivity contribution in [1.82, 2.24) is 5.32 Å². The first kappa shape index (κ1) is 21.4. The van der Waals surface area contributed by atoms with E-state index in [9.17, 15) is 9.59 Å². The normalized spacial score (nSPS) is 11.2. The zero-order valence-corrected chi connectivity index (χ0v) is 17.1. The van der Waals surface area contributed by atoms with Gasteiger partial charge in [-0.1, -0.05) is 26.0 Å². The number of rotatable bonds is 7. The summed E-state index contributed by atoms with van der Waals surface area (Å²) in [6, 6.07) is 14.1. The van der Waals surface area contributed by atoms with E-state index < -0.39 is 0 Å². The van der Waals surface area contributed by atoms with Crippen LogP contribution in [-0.2, 0) is 4.79 Å². The van der Waals surface area contributed by atoms with Gasteiger partial charge in [0.15, 0.2) is 5.11 Å². The van der Waals surface area contributed by atoms with E-state index in [2.05, 4.69) is 16.0 Å². The Hall–Kier alpha value is -2.93. The average Bonchev–Trinajstić information content (AvgIpc) is 2.68. The lowest BCUT2D eigenvalue weighted by Gasteiger charge is -2.14. The Morgan fingerprint density at radius 3 is 2.39 bits per heavy atom. The Labute approximate surface area is 170 Å². The molecule has 2 aromatic rings. The van der Waals surface area contributed by atoms with Crippen LogP contribution in [0, 0.1) is 0 Å². The maximum absolute atomic E-state index is 12.5. The molecule has 0 heterocycles. The highest BCUT2D eigenvalue weighted by Crippen LogP contribution is 2.17. The number of hydrogen-bond acceptors (Lipinski definition) is 4. The number of benzene rings is 2. The molecule has 148 valence electrons. The van der Waals surface area contributed by atoms with Crippen molar-refractivity contribution >= 4 is 40.5 Å². The fraction of sp³-hybridized carbons (Fsp3) is 0.286. The van der Waals surface area contributed by atoms with Gasteiger partial charge in [-0.2, -0.15) is 0 Å². The van der Waals surface area contributed by atoms with Crippen LogP contribution in [0.4, 0.5) is 11.4 Å². The van der Waals surface area contributed by atoms with E-state index >= 15 is 0 Å². The van der Waals surface area contributed by atoms with Gasteiger partial charge in [0.1, 0.15) is 5.75 Å². The number of anilines is 2. The van der Waals surface area contributed by atoms with E-state index in [1.54, 1.807) is 49.4 Å². The molecular weight excluding hydrogens is 374 g/mol. The molecular formula is C21H25N3O3S. The number of ether oxygens (including phenoxy) is 1. The van der Waals surface area contributed by atoms with Crippen molar-refractivity contribution in [3.8, 4) is 5.75 Å². The molecule has 0 saturated carbocycles. The number of amides is 2. The third-order valence-corrected chi connectivity index (χ3v) is 4.16. The van der Waals surface area contributed by atoms with Crippen molar-refractivity contribution in [2.24, 2.45) is 0 Å². The van der Waals surface area contributed by atoms with Gasteiger partial charge in [-0.05, 0) is 62.0 Å². The van der Waals surface area contributed by atoms with Crippen LogP contribution in [0.2, 0.25) is 0 Å². The van der Waals surface area contributed by atoms with Crippen molar-refractivity contribution in [2.75, 3.05) is 10.6 Å². The number of carbonyl (C=O) groups is 2. The second-order valence-electron chi connectivity index (χ2n) is 6.26. The minimum atomic E-state index is -0.331. The first-order valence-electron chi connectivity index (χ1n) is 9.20. The highest BCUT2D eigenvalue weighted by Gasteiger charge is 2.10. The maximum atomic E-state index is 12.5. The van der Waals surface area contributed by atoms with Crippen molar-refractivity contribution in [2.45, 2.75) is 39.7 Å². The molecule has 7 heteroatoms. The summed E-state index contributed by atoms with van der Waals surface area (Å²) in [5, 5.41) is 8.54. The molecule has 0 aliphatic rings. The first-order chi connectivity index (χ1) is 13.4. The molecule has 6 nitrogen and oxygen atoms in total. The zero-order chi connectivity index (χ0) is 20.5. The average molecular weight is 400 g/mol. The number of thiocarbonyl (C=S) groups is 1. The molecule has 0 bridgehead atoms. The van der Waals surface area contributed by atoms with Gasteiger partial charge in [0.05, 0.1) is 6.10 Å². The van der Waals surface area contributed by atoms with Gasteiger partial charge in [0.25, 0.3) is 5.91 Å². The summed E-state index contributed by atoms with van der Waals surface area (Å²) in [7, 11) is 0. The van der Waals surface area contributed by atoms with Crippen LogP contribution >= 0.6 is 12.2 Å². The monoisotopic (exact) mass is 399 g/mol. The quantitative estimate of drug-likeness (QED) is 0.604. The van der Waals surface area contributed by atoms with Crippen LogP contribution in [0.25, 0.3) is 0 Å². The maximum Gasteiger partial charge on any atom is 0.257 e. The molecule has 2 rings (SSSR count). The number of nitrogens with one attached hydrogen (secondary N) is 3. The molecule has 3 N–H and O–H groups in total. The Morgan fingerprint density at radius 2 is 1.71 bits per heavy atom. The lowest BCUT2D eigenvalue weighted by atomic mass is 10.2. The minimum Gasteiger partial charge on any atom is -0.491 e. The molecule has 2 aromatic carbocycles. The predicted octanol–water partition coefficient (Wildman–Crippen LogP) is 4.34. The van der Waals surface area contributed by atoms with Gasteiger partial charge in [-0.3, -0.25) is 14.9 Å². The second kappa shape index (κ2) is 10.4. The van der Waals surface area contributed by atoms with Crippen LogP contribution in [0.3, 0.4) is 0 Å². The molecule has 0 aromatic heterocycles. The number of carbonyl (C=O) groups excluding carboxylic acids is 2. The standard InChI is InChI=1S/C21H25N3O3S/c1-4-14(3)27-18-11-6-8-15(12-18)20(26)24-21(28)23-17-10-7-9-16(13-17)22-19(25)5-2/h6-14H,4-5H2,1-3H3,(H,22,25)(H2,23,24,26,28). The lowest BCUT2D eigenvalue weighted by Crippen LogP contribution is -2.34. The van der Waals surface area contributed by atoms with Gasteiger partial charge in [-0.25, -0.2) is 0 Å². The molecule has 0 aliphatic heterocycles. The third kappa shape index (κ3) is 6.66.